The zero-order valence-corrected chi connectivity index (χ0v) is 17.7. The van der Waals surface area contributed by atoms with E-state index in [1.807, 2.05) is 0 Å². The molecule has 4 heterocycles. The van der Waals surface area contributed by atoms with Gasteiger partial charge in [-0.2, -0.15) is 9.38 Å². The third-order valence-corrected chi connectivity index (χ3v) is 5.88. The summed E-state index contributed by atoms with van der Waals surface area (Å²) in [6.07, 6.45) is 3.27. The maximum Gasteiger partial charge on any atom is 0.349 e. The van der Waals surface area contributed by atoms with E-state index in [1.165, 1.54) is 15.7 Å². The van der Waals surface area contributed by atoms with Gasteiger partial charge in [-0.05, 0) is 17.7 Å². The van der Waals surface area contributed by atoms with Crippen molar-refractivity contribution in [1.29, 1.82) is 0 Å². The zero-order valence-electron chi connectivity index (χ0n) is 16.2. The lowest BCUT2D eigenvalue weighted by Gasteiger charge is -2.16. The Morgan fingerprint density at radius 3 is 2.81 bits per heavy atom. The minimum Gasteiger partial charge on any atom is -0.842 e. The highest BCUT2D eigenvalue weighted by Gasteiger charge is 2.21. The maximum absolute atomic E-state index is 13.5. The molecule has 5 aromatic rings. The summed E-state index contributed by atoms with van der Waals surface area (Å²) in [6, 6.07) is 12.2. The third kappa shape index (κ3) is 3.47. The molecule has 4 aromatic heterocycles. The molecule has 0 spiro atoms. The first kappa shape index (κ1) is 19.4. The molecule has 0 bridgehead atoms. The fraction of sp³-hybridized carbons (Fsp3) is 0.0952. The highest BCUT2D eigenvalue weighted by Crippen LogP contribution is 2.27. The van der Waals surface area contributed by atoms with Crippen LogP contribution in [0.4, 0.5) is 0 Å². The second-order valence-corrected chi connectivity index (χ2v) is 8.49. The Labute approximate surface area is 184 Å². The van der Waals surface area contributed by atoms with Crippen molar-refractivity contribution in [2.75, 3.05) is 0 Å². The van der Waals surface area contributed by atoms with E-state index in [1.54, 1.807) is 66.3 Å². The van der Waals surface area contributed by atoms with Crippen LogP contribution in [0.5, 0.6) is 5.88 Å². The van der Waals surface area contributed by atoms with Crippen molar-refractivity contribution in [3.05, 3.63) is 80.4 Å². The summed E-state index contributed by atoms with van der Waals surface area (Å²) in [5, 5.41) is 17.4. The average Bonchev–Trinajstić information content (AvgIpc) is 3.39. The molecule has 0 radical (unpaired) electrons. The summed E-state index contributed by atoms with van der Waals surface area (Å²) in [5.41, 5.74) is 1.26. The van der Waals surface area contributed by atoms with Gasteiger partial charge in [-0.15, -0.1) is 11.3 Å². The van der Waals surface area contributed by atoms with Crippen LogP contribution in [0.25, 0.3) is 28.2 Å². The van der Waals surface area contributed by atoms with Crippen LogP contribution < -0.4 is 15.2 Å². The summed E-state index contributed by atoms with van der Waals surface area (Å²) in [7, 11) is 0. The van der Waals surface area contributed by atoms with Crippen molar-refractivity contribution in [1.82, 2.24) is 19.5 Å². The number of hydrogen-bond donors (Lipinski definition) is 0. The van der Waals surface area contributed by atoms with Gasteiger partial charge >= 0.3 is 5.56 Å². The predicted molar refractivity (Wildman–Crippen MR) is 113 cm³/mol. The van der Waals surface area contributed by atoms with E-state index in [4.69, 9.17) is 16.1 Å². The molecule has 154 valence electrons. The Balaban J connectivity index is 1.73. The Kier molecular flexibility index (Phi) is 4.76. The van der Waals surface area contributed by atoms with E-state index >= 15 is 0 Å². The number of aryl methyl sites for hydroxylation is 1. The van der Waals surface area contributed by atoms with Gasteiger partial charge in [-0.3, -0.25) is 0 Å². The lowest BCUT2D eigenvalue weighted by atomic mass is 10.0. The number of thiazole rings is 1. The summed E-state index contributed by atoms with van der Waals surface area (Å²) in [6.45, 7) is 1.94. The molecule has 0 atom stereocenters. The molecule has 0 aliphatic rings. The first-order valence-corrected chi connectivity index (χ1v) is 10.5. The van der Waals surface area contributed by atoms with E-state index in [2.05, 4.69) is 15.1 Å². The highest BCUT2D eigenvalue weighted by molar-refractivity contribution is 7.15. The second kappa shape index (κ2) is 7.60. The molecule has 0 unspecified atom stereocenters. The fourth-order valence-corrected chi connectivity index (χ4v) is 4.39. The largest absolute Gasteiger partial charge is 0.842 e. The fourth-order valence-electron chi connectivity index (χ4n) is 3.42. The van der Waals surface area contributed by atoms with Crippen molar-refractivity contribution < 1.29 is 14.2 Å². The van der Waals surface area contributed by atoms with Crippen LogP contribution in [0.15, 0.2) is 64.2 Å². The first-order chi connectivity index (χ1) is 15.0. The second-order valence-electron chi connectivity index (χ2n) is 6.80. The van der Waals surface area contributed by atoms with Crippen molar-refractivity contribution in [2.24, 2.45) is 0 Å². The molecular formula is C21H14ClN5O3S. The zero-order chi connectivity index (χ0) is 21.5. The van der Waals surface area contributed by atoms with Gasteiger partial charge in [-0.25, -0.2) is 14.3 Å². The smallest absolute Gasteiger partial charge is 0.349 e. The molecule has 0 saturated heterocycles. The van der Waals surface area contributed by atoms with Gasteiger partial charge in [0.25, 0.3) is 5.65 Å². The number of rotatable bonds is 4. The van der Waals surface area contributed by atoms with Crippen molar-refractivity contribution in [3.63, 3.8) is 0 Å². The van der Waals surface area contributed by atoms with Gasteiger partial charge in [0.2, 0.25) is 11.7 Å². The number of halogens is 1. The van der Waals surface area contributed by atoms with Crippen LogP contribution in [0, 0.1) is 6.92 Å². The number of aromatic nitrogens is 5. The van der Waals surface area contributed by atoms with Gasteiger partial charge in [0.15, 0.2) is 4.47 Å². The minimum absolute atomic E-state index is 0.0568. The molecule has 31 heavy (non-hydrogen) atoms. The van der Waals surface area contributed by atoms with Crippen LogP contribution in [0.2, 0.25) is 4.47 Å². The number of benzene rings is 1. The Morgan fingerprint density at radius 1 is 1.23 bits per heavy atom. The Bertz CT molecular complexity index is 1490. The molecule has 0 fully saturated rings. The van der Waals surface area contributed by atoms with E-state index in [0.29, 0.717) is 33.0 Å². The summed E-state index contributed by atoms with van der Waals surface area (Å²) in [5.74, 6) is 0.416. The molecule has 5 rings (SSSR count). The van der Waals surface area contributed by atoms with Crippen molar-refractivity contribution in [3.8, 4) is 28.4 Å². The predicted octanol–water partition coefficient (Wildman–Crippen LogP) is 2.84. The topological polar surface area (TPSA) is 100 Å². The highest BCUT2D eigenvalue weighted by atomic mass is 35.5. The third-order valence-electron chi connectivity index (χ3n) is 4.78. The van der Waals surface area contributed by atoms with E-state index in [0.717, 1.165) is 4.88 Å². The SMILES string of the molecule is Cc1nc(-c2cccc(-c3c([O-])[n+](Cc4cnc(Cl)s4)c4ccccn4c3=O)c2)no1. The van der Waals surface area contributed by atoms with Gasteiger partial charge in [0, 0.05) is 24.8 Å². The van der Waals surface area contributed by atoms with E-state index < -0.39 is 11.4 Å². The molecule has 8 nitrogen and oxygen atoms in total. The number of fused-ring (bicyclic) bond motifs is 1. The molecule has 0 N–H and O–H groups in total. The summed E-state index contributed by atoms with van der Waals surface area (Å²) >= 11 is 7.25. The van der Waals surface area contributed by atoms with Gasteiger partial charge in [0.1, 0.15) is 12.1 Å². The number of pyridine rings is 1. The molecule has 0 amide bonds. The van der Waals surface area contributed by atoms with Gasteiger partial charge in [-0.1, -0.05) is 41.0 Å². The van der Waals surface area contributed by atoms with Crippen LogP contribution in [0.1, 0.15) is 10.8 Å². The Hall–Kier alpha value is -3.56. The molecule has 10 heteroatoms. The lowest BCUT2D eigenvalue weighted by Crippen LogP contribution is -2.44. The molecule has 0 aliphatic carbocycles. The maximum atomic E-state index is 13.5. The number of nitrogens with zero attached hydrogens (tertiary/aromatic N) is 5. The first-order valence-electron chi connectivity index (χ1n) is 9.27. The van der Waals surface area contributed by atoms with Crippen LogP contribution in [0.3, 0.4) is 0 Å². The van der Waals surface area contributed by atoms with E-state index in [-0.39, 0.29) is 12.1 Å². The van der Waals surface area contributed by atoms with Crippen molar-refractivity contribution in [2.45, 2.75) is 13.5 Å². The molecule has 1 aromatic carbocycles. The summed E-state index contributed by atoms with van der Waals surface area (Å²) in [4.78, 5) is 22.4. The van der Waals surface area contributed by atoms with Crippen LogP contribution in [-0.4, -0.2) is 19.5 Å². The number of hydrogen-bond acceptors (Lipinski definition) is 7. The lowest BCUT2D eigenvalue weighted by molar-refractivity contribution is -0.707. The monoisotopic (exact) mass is 451 g/mol. The Morgan fingerprint density at radius 2 is 2.06 bits per heavy atom. The van der Waals surface area contributed by atoms with Gasteiger partial charge in [0.05, 0.1) is 17.0 Å². The standard InChI is InChI=1S/C21H14ClN5O3S/c1-12-24-18(25-30-12)14-6-4-5-13(9-14)17-19(28)26-8-3-2-7-16(26)27(20(17)29)11-15-10-23-21(22)31-15/h2-10H,11H2,1H3. The minimum atomic E-state index is -0.402. The average molecular weight is 452 g/mol. The van der Waals surface area contributed by atoms with Crippen LogP contribution >= 0.6 is 22.9 Å². The van der Waals surface area contributed by atoms with Crippen LogP contribution in [-0.2, 0) is 6.54 Å². The quantitative estimate of drug-likeness (QED) is 0.389. The normalized spacial score (nSPS) is 11.3. The van der Waals surface area contributed by atoms with Gasteiger partial charge < -0.3 is 9.63 Å². The molecule has 0 aliphatic heterocycles. The van der Waals surface area contributed by atoms with E-state index in [9.17, 15) is 9.90 Å². The van der Waals surface area contributed by atoms with Crippen molar-refractivity contribution >= 4 is 28.6 Å². The summed E-state index contributed by atoms with van der Waals surface area (Å²) < 4.78 is 8.45. The molecular weight excluding hydrogens is 438 g/mol. The molecule has 0 saturated carbocycles.